The maximum Gasteiger partial charge on any atom is 0.341 e. The van der Waals surface area contributed by atoms with E-state index in [9.17, 15) is 4.79 Å². The molecule has 0 unspecified atom stereocenters. The molecule has 19 heavy (non-hydrogen) atoms. The van der Waals surface area contributed by atoms with Crippen LogP contribution in [0.3, 0.4) is 0 Å². The largest absolute Gasteiger partial charge is 0.496 e. The maximum absolute atomic E-state index is 11.0. The van der Waals surface area contributed by atoms with Gasteiger partial charge in [0.05, 0.1) is 7.11 Å². The number of aromatic carboxylic acids is 1. The quantitative estimate of drug-likeness (QED) is 0.851. The van der Waals surface area contributed by atoms with Gasteiger partial charge in [-0.15, -0.1) is 0 Å². The van der Waals surface area contributed by atoms with Crippen molar-refractivity contribution in [3.63, 3.8) is 0 Å². The molecule has 0 aliphatic heterocycles. The Kier molecular flexibility index (Phi) is 3.92. The first-order valence-electron chi connectivity index (χ1n) is 5.61. The summed E-state index contributed by atoms with van der Waals surface area (Å²) in [5.41, 5.74) is 0.956. The lowest BCUT2D eigenvalue weighted by Gasteiger charge is -2.10. The van der Waals surface area contributed by atoms with Gasteiger partial charge in [-0.05, 0) is 6.07 Å². The molecule has 2 N–H and O–H groups in total. The normalized spacial score (nSPS) is 9.95. The topological polar surface area (TPSA) is 84.3 Å². The Balaban J connectivity index is 2.17. The van der Waals surface area contributed by atoms with Crippen molar-refractivity contribution < 1.29 is 14.6 Å². The highest BCUT2D eigenvalue weighted by molar-refractivity contribution is 5.92. The molecule has 0 amide bonds. The smallest absolute Gasteiger partial charge is 0.341 e. The number of anilines is 1. The Labute approximate surface area is 110 Å². The number of aromatic nitrogens is 2. The standard InChI is InChI=1S/C13H13N3O3/c1-19-11-5-3-2-4-9(11)6-15-12-10(13(17)18)7-14-8-16-12/h2-5,7-8H,6H2,1H3,(H,17,18)(H,14,15,16). The second-order valence-electron chi connectivity index (χ2n) is 3.76. The number of carboxylic acid groups (broad SMARTS) is 1. The highest BCUT2D eigenvalue weighted by Gasteiger charge is 2.11. The Bertz CT molecular complexity index is 587. The van der Waals surface area contributed by atoms with Crippen LogP contribution in [-0.4, -0.2) is 28.2 Å². The molecule has 0 fully saturated rings. The van der Waals surface area contributed by atoms with Gasteiger partial charge in [-0.3, -0.25) is 0 Å². The average Bonchev–Trinajstić information content (AvgIpc) is 2.45. The Hall–Kier alpha value is -2.63. The Morgan fingerprint density at radius 1 is 1.42 bits per heavy atom. The van der Waals surface area contributed by atoms with E-state index in [1.54, 1.807) is 7.11 Å². The summed E-state index contributed by atoms with van der Waals surface area (Å²) in [6, 6.07) is 7.50. The van der Waals surface area contributed by atoms with Gasteiger partial charge in [0.1, 0.15) is 23.5 Å². The minimum atomic E-state index is -1.07. The highest BCUT2D eigenvalue weighted by Crippen LogP contribution is 2.19. The molecular formula is C13H13N3O3. The highest BCUT2D eigenvalue weighted by atomic mass is 16.5. The van der Waals surface area contributed by atoms with Crippen molar-refractivity contribution in [3.05, 3.63) is 47.9 Å². The van der Waals surface area contributed by atoms with Crippen LogP contribution in [0.4, 0.5) is 5.82 Å². The van der Waals surface area contributed by atoms with Gasteiger partial charge in [0.2, 0.25) is 0 Å². The van der Waals surface area contributed by atoms with Crippen molar-refractivity contribution in [3.8, 4) is 5.75 Å². The van der Waals surface area contributed by atoms with E-state index in [2.05, 4.69) is 15.3 Å². The lowest BCUT2D eigenvalue weighted by atomic mass is 10.2. The molecule has 2 rings (SSSR count). The lowest BCUT2D eigenvalue weighted by Crippen LogP contribution is -2.09. The summed E-state index contributed by atoms with van der Waals surface area (Å²) in [4.78, 5) is 18.6. The van der Waals surface area contributed by atoms with Crippen LogP contribution in [0.15, 0.2) is 36.8 Å². The van der Waals surface area contributed by atoms with Gasteiger partial charge in [0.25, 0.3) is 0 Å². The number of hydrogen-bond acceptors (Lipinski definition) is 5. The van der Waals surface area contributed by atoms with Crippen LogP contribution < -0.4 is 10.1 Å². The van der Waals surface area contributed by atoms with Gasteiger partial charge in [-0.2, -0.15) is 0 Å². The third-order valence-corrected chi connectivity index (χ3v) is 2.58. The zero-order valence-corrected chi connectivity index (χ0v) is 10.3. The maximum atomic E-state index is 11.0. The van der Waals surface area contributed by atoms with Crippen molar-refractivity contribution in [1.29, 1.82) is 0 Å². The minimum absolute atomic E-state index is 0.0393. The summed E-state index contributed by atoms with van der Waals surface area (Å²) in [6.07, 6.45) is 2.57. The van der Waals surface area contributed by atoms with Crippen molar-refractivity contribution in [2.75, 3.05) is 12.4 Å². The first-order chi connectivity index (χ1) is 9.22. The Morgan fingerprint density at radius 2 is 2.21 bits per heavy atom. The molecule has 98 valence electrons. The Morgan fingerprint density at radius 3 is 2.95 bits per heavy atom. The van der Waals surface area contributed by atoms with E-state index in [0.717, 1.165) is 11.3 Å². The molecule has 0 atom stereocenters. The number of nitrogens with zero attached hydrogens (tertiary/aromatic N) is 2. The molecule has 0 aliphatic rings. The van der Waals surface area contributed by atoms with Gasteiger partial charge in [-0.25, -0.2) is 14.8 Å². The van der Waals surface area contributed by atoms with E-state index in [4.69, 9.17) is 9.84 Å². The fourth-order valence-electron chi connectivity index (χ4n) is 1.65. The fraction of sp³-hybridized carbons (Fsp3) is 0.154. The van der Waals surface area contributed by atoms with Crippen LogP contribution in [0.1, 0.15) is 15.9 Å². The molecule has 1 aromatic carbocycles. The summed E-state index contributed by atoms with van der Waals surface area (Å²) in [6.45, 7) is 0.418. The van der Waals surface area contributed by atoms with Crippen LogP contribution in [-0.2, 0) is 6.54 Å². The number of carbonyl (C=O) groups is 1. The number of hydrogen-bond donors (Lipinski definition) is 2. The molecule has 0 saturated heterocycles. The summed E-state index contributed by atoms with van der Waals surface area (Å²) in [7, 11) is 1.59. The average molecular weight is 259 g/mol. The van der Waals surface area contributed by atoms with Gasteiger partial charge >= 0.3 is 5.97 Å². The third-order valence-electron chi connectivity index (χ3n) is 2.58. The van der Waals surface area contributed by atoms with Crippen LogP contribution in [0.2, 0.25) is 0 Å². The number of nitrogens with one attached hydrogen (secondary N) is 1. The van der Waals surface area contributed by atoms with Crippen molar-refractivity contribution in [1.82, 2.24) is 9.97 Å². The molecule has 0 spiro atoms. The predicted molar refractivity (Wildman–Crippen MR) is 69.3 cm³/mol. The lowest BCUT2D eigenvalue weighted by molar-refractivity contribution is 0.0697. The van der Waals surface area contributed by atoms with Crippen molar-refractivity contribution in [2.24, 2.45) is 0 Å². The summed E-state index contributed by atoms with van der Waals surface area (Å²) >= 11 is 0. The van der Waals surface area contributed by atoms with E-state index in [1.165, 1.54) is 12.5 Å². The van der Waals surface area contributed by atoms with E-state index < -0.39 is 5.97 Å². The molecule has 6 nitrogen and oxygen atoms in total. The zero-order valence-electron chi connectivity index (χ0n) is 10.3. The van der Waals surface area contributed by atoms with Crippen LogP contribution in [0.25, 0.3) is 0 Å². The SMILES string of the molecule is COc1ccccc1CNc1ncncc1C(=O)O. The summed E-state index contributed by atoms with van der Waals surface area (Å²) in [5.74, 6) is -0.0440. The number of carboxylic acids is 1. The summed E-state index contributed by atoms with van der Waals surface area (Å²) in [5, 5.41) is 12.0. The van der Waals surface area contributed by atoms with E-state index in [-0.39, 0.29) is 11.4 Å². The zero-order chi connectivity index (χ0) is 13.7. The molecule has 0 saturated carbocycles. The van der Waals surface area contributed by atoms with Crippen LogP contribution in [0, 0.1) is 0 Å². The molecule has 0 bridgehead atoms. The minimum Gasteiger partial charge on any atom is -0.496 e. The first kappa shape index (κ1) is 12.8. The van der Waals surface area contributed by atoms with Gasteiger partial charge in [0.15, 0.2) is 0 Å². The van der Waals surface area contributed by atoms with Crippen molar-refractivity contribution in [2.45, 2.75) is 6.54 Å². The predicted octanol–water partition coefficient (Wildman–Crippen LogP) is 1.80. The molecule has 0 aliphatic carbocycles. The second-order valence-corrected chi connectivity index (χ2v) is 3.76. The number of methoxy groups -OCH3 is 1. The fourth-order valence-corrected chi connectivity index (χ4v) is 1.65. The second kappa shape index (κ2) is 5.81. The molecule has 1 aromatic heterocycles. The number of benzene rings is 1. The van der Waals surface area contributed by atoms with E-state index >= 15 is 0 Å². The van der Waals surface area contributed by atoms with Gasteiger partial charge < -0.3 is 15.2 Å². The van der Waals surface area contributed by atoms with Gasteiger partial charge in [0, 0.05) is 18.3 Å². The third kappa shape index (κ3) is 2.98. The number of ether oxygens (including phenoxy) is 1. The molecular weight excluding hydrogens is 246 g/mol. The van der Waals surface area contributed by atoms with E-state index in [0.29, 0.717) is 6.54 Å². The monoisotopic (exact) mass is 259 g/mol. The molecule has 6 heteroatoms. The molecule has 1 heterocycles. The molecule has 2 aromatic rings. The van der Waals surface area contributed by atoms with Crippen LogP contribution >= 0.6 is 0 Å². The van der Waals surface area contributed by atoms with E-state index in [1.807, 2.05) is 24.3 Å². The van der Waals surface area contributed by atoms with Crippen molar-refractivity contribution >= 4 is 11.8 Å². The number of para-hydroxylation sites is 1. The first-order valence-corrected chi connectivity index (χ1v) is 5.61. The number of rotatable bonds is 5. The van der Waals surface area contributed by atoms with Crippen LogP contribution in [0.5, 0.6) is 5.75 Å². The van der Waals surface area contributed by atoms with Gasteiger partial charge in [-0.1, -0.05) is 18.2 Å². The molecule has 0 radical (unpaired) electrons. The summed E-state index contributed by atoms with van der Waals surface area (Å²) < 4.78 is 5.22.